The van der Waals surface area contributed by atoms with Crippen LogP contribution in [0.5, 0.6) is 0 Å². The van der Waals surface area contributed by atoms with Crippen molar-refractivity contribution in [3.8, 4) is 11.5 Å². The molecule has 1 aliphatic rings. The van der Waals surface area contributed by atoms with Gasteiger partial charge < -0.3 is 0 Å². The smallest absolute Gasteiger partial charge is 0.127 e. The van der Waals surface area contributed by atoms with E-state index in [-0.39, 0.29) is 0 Å². The van der Waals surface area contributed by atoms with Crippen LogP contribution in [0.4, 0.5) is 0 Å². The molecule has 0 unspecified atom stereocenters. The molecule has 0 heterocycles. The summed E-state index contributed by atoms with van der Waals surface area (Å²) in [4.78, 5) is 0. The minimum atomic E-state index is -1.23. The third kappa shape index (κ3) is 5.39. The van der Waals surface area contributed by atoms with Crippen LogP contribution in [0.1, 0.15) is 19.8 Å². The number of hydrogen-bond acceptors (Lipinski definition) is 0. The summed E-state index contributed by atoms with van der Waals surface area (Å²) >= 11 is 3.57. The zero-order valence-electron chi connectivity index (χ0n) is 10.0. The summed E-state index contributed by atoms with van der Waals surface area (Å²) in [6.45, 7) is 9.13. The van der Waals surface area contributed by atoms with E-state index in [2.05, 4.69) is 66.1 Å². The van der Waals surface area contributed by atoms with Crippen LogP contribution in [0.25, 0.3) is 0 Å². The highest BCUT2D eigenvalue weighted by atomic mass is 79.9. The van der Waals surface area contributed by atoms with Gasteiger partial charge in [0.1, 0.15) is 8.07 Å². The highest BCUT2D eigenvalue weighted by molar-refractivity contribution is 9.11. The maximum Gasteiger partial charge on any atom is 0.129 e. The van der Waals surface area contributed by atoms with Gasteiger partial charge in [0.05, 0.1) is 0 Å². The summed E-state index contributed by atoms with van der Waals surface area (Å²) in [7, 11) is -1.23. The van der Waals surface area contributed by atoms with Gasteiger partial charge in [-0.25, -0.2) is 0 Å². The molecule has 0 amide bonds. The van der Waals surface area contributed by atoms with Gasteiger partial charge in [0, 0.05) is 5.57 Å². The second kappa shape index (κ2) is 5.18. The van der Waals surface area contributed by atoms with Crippen LogP contribution < -0.4 is 0 Å². The van der Waals surface area contributed by atoms with Gasteiger partial charge >= 0.3 is 0 Å². The lowest BCUT2D eigenvalue weighted by Crippen LogP contribution is -2.16. The number of allylic oxidation sites excluding steroid dienone is 4. The van der Waals surface area contributed by atoms with Crippen molar-refractivity contribution in [3.05, 3.63) is 22.2 Å². The average molecular weight is 283 g/mol. The molecule has 0 aromatic rings. The van der Waals surface area contributed by atoms with Gasteiger partial charge in [-0.3, -0.25) is 0 Å². The van der Waals surface area contributed by atoms with Crippen molar-refractivity contribution in [3.63, 3.8) is 0 Å². The van der Waals surface area contributed by atoms with Crippen LogP contribution in [0.3, 0.4) is 0 Å². The summed E-state index contributed by atoms with van der Waals surface area (Å²) in [6, 6.07) is 0. The first kappa shape index (κ1) is 12.8. The summed E-state index contributed by atoms with van der Waals surface area (Å²) in [5.41, 5.74) is 4.72. The van der Waals surface area contributed by atoms with Crippen molar-refractivity contribution in [2.75, 3.05) is 0 Å². The third-order valence-corrected chi connectivity index (χ3v) is 3.64. The molecule has 0 N–H and O–H groups in total. The van der Waals surface area contributed by atoms with E-state index in [1.807, 2.05) is 0 Å². The summed E-state index contributed by atoms with van der Waals surface area (Å²) in [5.74, 6) is 4.05. The van der Waals surface area contributed by atoms with Crippen LogP contribution in [-0.4, -0.2) is 8.07 Å². The number of rotatable bonds is 0. The largest absolute Gasteiger partial charge is 0.129 e. The molecular weight excluding hydrogens is 264 g/mol. The molecule has 15 heavy (non-hydrogen) atoms. The Kier molecular flexibility index (Phi) is 4.42. The fourth-order valence-electron chi connectivity index (χ4n) is 1.47. The average Bonchev–Trinajstić information content (AvgIpc) is 2.22. The first-order chi connectivity index (χ1) is 6.87. The molecule has 0 bridgehead atoms. The first-order valence-electron chi connectivity index (χ1n) is 5.45. The lowest BCUT2D eigenvalue weighted by Gasteiger charge is -2.08. The van der Waals surface area contributed by atoms with Crippen molar-refractivity contribution >= 4 is 24.0 Å². The monoisotopic (exact) mass is 282 g/mol. The first-order valence-corrected chi connectivity index (χ1v) is 9.74. The molecule has 2 heteroatoms. The molecule has 0 saturated carbocycles. The second-order valence-electron chi connectivity index (χ2n) is 5.32. The lowest BCUT2D eigenvalue weighted by molar-refractivity contribution is 0.595. The standard InChI is InChI=1S/C13H19BrSi/c1-11-9-12(5-6-13(14)10-11)7-8-15(2,3)4/h5-6,11H,9-10H2,1-4H3/t11-/m0/s1. The van der Waals surface area contributed by atoms with Crippen molar-refractivity contribution in [2.45, 2.75) is 39.4 Å². The van der Waals surface area contributed by atoms with Gasteiger partial charge in [-0.15, -0.1) is 5.54 Å². The minimum absolute atomic E-state index is 0.695. The van der Waals surface area contributed by atoms with Crippen LogP contribution in [0.15, 0.2) is 22.2 Å². The molecule has 1 atom stereocenters. The van der Waals surface area contributed by atoms with E-state index in [9.17, 15) is 0 Å². The quantitative estimate of drug-likeness (QED) is 0.453. The van der Waals surface area contributed by atoms with E-state index in [0.717, 1.165) is 12.8 Å². The van der Waals surface area contributed by atoms with Crippen molar-refractivity contribution < 1.29 is 0 Å². The van der Waals surface area contributed by atoms with Crippen LogP contribution in [0, 0.1) is 17.4 Å². The normalized spacial score (nSPS) is 22.1. The zero-order chi connectivity index (χ0) is 11.5. The van der Waals surface area contributed by atoms with E-state index < -0.39 is 8.07 Å². The van der Waals surface area contributed by atoms with Crippen LogP contribution in [-0.2, 0) is 0 Å². The Morgan fingerprint density at radius 2 is 1.93 bits per heavy atom. The highest BCUT2D eigenvalue weighted by Crippen LogP contribution is 2.26. The molecule has 1 aliphatic carbocycles. The fourth-order valence-corrected chi connectivity index (χ4v) is 2.69. The van der Waals surface area contributed by atoms with Crippen LogP contribution >= 0.6 is 15.9 Å². The molecule has 0 aromatic carbocycles. The number of hydrogen-bond donors (Lipinski definition) is 0. The SMILES string of the molecule is C[C@@H]1CC(Br)=CC=C(C#C[Si](C)(C)C)C1. The zero-order valence-corrected chi connectivity index (χ0v) is 12.6. The summed E-state index contributed by atoms with van der Waals surface area (Å²) < 4.78 is 1.29. The van der Waals surface area contributed by atoms with Gasteiger partial charge in [-0.2, -0.15) is 0 Å². The van der Waals surface area contributed by atoms with Gasteiger partial charge in [0.15, 0.2) is 0 Å². The summed E-state index contributed by atoms with van der Waals surface area (Å²) in [6.07, 6.45) is 6.57. The lowest BCUT2D eigenvalue weighted by atomic mass is 10.0. The van der Waals surface area contributed by atoms with E-state index in [1.165, 1.54) is 10.1 Å². The Bertz CT molecular complexity index is 347. The second-order valence-corrected chi connectivity index (χ2v) is 11.1. The highest BCUT2D eigenvalue weighted by Gasteiger charge is 2.11. The predicted molar refractivity (Wildman–Crippen MR) is 74.6 cm³/mol. The maximum absolute atomic E-state index is 3.57. The molecule has 82 valence electrons. The molecule has 0 aliphatic heterocycles. The van der Waals surface area contributed by atoms with Gasteiger partial charge in [-0.05, 0) is 29.3 Å². The third-order valence-electron chi connectivity index (χ3n) is 2.18. The molecule has 0 saturated heterocycles. The topological polar surface area (TPSA) is 0 Å². The van der Waals surface area contributed by atoms with E-state index in [0.29, 0.717) is 5.92 Å². The summed E-state index contributed by atoms with van der Waals surface area (Å²) in [5, 5.41) is 0. The Balaban J connectivity index is 2.81. The Morgan fingerprint density at radius 3 is 2.53 bits per heavy atom. The van der Waals surface area contributed by atoms with Gasteiger partial charge in [0.2, 0.25) is 0 Å². The Labute approximate surface area is 103 Å². The molecular formula is C13H19BrSi. The maximum atomic E-state index is 3.57. The predicted octanol–water partition coefficient (Wildman–Crippen LogP) is 4.50. The van der Waals surface area contributed by atoms with Crippen molar-refractivity contribution in [1.82, 2.24) is 0 Å². The molecule has 0 spiro atoms. The minimum Gasteiger partial charge on any atom is -0.127 e. The van der Waals surface area contributed by atoms with Crippen LogP contribution in [0.2, 0.25) is 19.6 Å². The Morgan fingerprint density at radius 1 is 1.27 bits per heavy atom. The van der Waals surface area contributed by atoms with Crippen molar-refractivity contribution in [1.29, 1.82) is 0 Å². The van der Waals surface area contributed by atoms with Crippen molar-refractivity contribution in [2.24, 2.45) is 5.92 Å². The van der Waals surface area contributed by atoms with E-state index >= 15 is 0 Å². The number of halogens is 1. The van der Waals surface area contributed by atoms with Gasteiger partial charge in [-0.1, -0.05) is 54.5 Å². The molecule has 0 nitrogen and oxygen atoms in total. The molecule has 0 radical (unpaired) electrons. The molecule has 0 fully saturated rings. The molecule has 1 rings (SSSR count). The van der Waals surface area contributed by atoms with E-state index in [4.69, 9.17) is 0 Å². The van der Waals surface area contributed by atoms with Gasteiger partial charge in [0.25, 0.3) is 0 Å². The Hall–Kier alpha value is -0.263. The van der Waals surface area contributed by atoms with E-state index in [1.54, 1.807) is 0 Å². The molecule has 0 aromatic heterocycles. The fraction of sp³-hybridized carbons (Fsp3) is 0.538.